The van der Waals surface area contributed by atoms with E-state index in [-0.39, 0.29) is 11.9 Å². The third kappa shape index (κ3) is 4.05. The summed E-state index contributed by atoms with van der Waals surface area (Å²) in [5.41, 5.74) is 0.914. The van der Waals surface area contributed by atoms with E-state index in [9.17, 15) is 4.39 Å². The van der Waals surface area contributed by atoms with E-state index in [2.05, 4.69) is 28.7 Å². The zero-order valence-corrected chi connectivity index (χ0v) is 13.2. The van der Waals surface area contributed by atoms with E-state index in [0.717, 1.165) is 37.3 Å². The second-order valence-corrected chi connectivity index (χ2v) is 5.41. The third-order valence-electron chi connectivity index (χ3n) is 3.51. The van der Waals surface area contributed by atoms with Gasteiger partial charge in [0.1, 0.15) is 11.6 Å². The van der Waals surface area contributed by atoms with Gasteiger partial charge in [-0.3, -0.25) is 0 Å². The monoisotopic (exact) mass is 309 g/mol. The van der Waals surface area contributed by atoms with Gasteiger partial charge in [0.2, 0.25) is 0 Å². The Hall–Kier alpha value is -1.39. The van der Waals surface area contributed by atoms with Crippen LogP contribution in [0.15, 0.2) is 30.6 Å². The normalized spacial score (nSPS) is 12.6. The minimum atomic E-state index is -0.312. The van der Waals surface area contributed by atoms with Crippen LogP contribution in [0, 0.1) is 5.82 Å². The van der Waals surface area contributed by atoms with Crippen molar-refractivity contribution in [3.8, 4) is 0 Å². The van der Waals surface area contributed by atoms with Crippen molar-refractivity contribution >= 4 is 11.6 Å². The Morgan fingerprint density at radius 1 is 1.38 bits per heavy atom. The van der Waals surface area contributed by atoms with Gasteiger partial charge in [-0.2, -0.15) is 0 Å². The minimum absolute atomic E-state index is 0.0331. The average molecular weight is 310 g/mol. The lowest BCUT2D eigenvalue weighted by Crippen LogP contribution is -2.25. The molecule has 0 aliphatic rings. The molecule has 0 bridgehead atoms. The molecule has 0 fully saturated rings. The van der Waals surface area contributed by atoms with Crippen molar-refractivity contribution in [1.82, 2.24) is 14.9 Å². The molecular formula is C16H21ClFN3. The van der Waals surface area contributed by atoms with Gasteiger partial charge >= 0.3 is 0 Å². The molecule has 0 spiro atoms. The maximum absolute atomic E-state index is 13.2. The Kier molecular flexibility index (Phi) is 5.76. The summed E-state index contributed by atoms with van der Waals surface area (Å²) in [6, 6.07) is 4.60. The molecule has 1 unspecified atom stereocenters. The van der Waals surface area contributed by atoms with Crippen molar-refractivity contribution in [2.75, 3.05) is 6.54 Å². The van der Waals surface area contributed by atoms with E-state index < -0.39 is 0 Å². The number of benzene rings is 1. The predicted octanol–water partition coefficient (Wildman–Crippen LogP) is 3.98. The molecule has 1 N–H and O–H groups in total. The molecule has 1 aromatic carbocycles. The third-order valence-corrected chi connectivity index (χ3v) is 3.84. The number of hydrogen-bond donors (Lipinski definition) is 1. The Morgan fingerprint density at radius 2 is 2.19 bits per heavy atom. The van der Waals surface area contributed by atoms with Gasteiger partial charge in [-0.15, -0.1) is 0 Å². The quantitative estimate of drug-likeness (QED) is 0.838. The highest BCUT2D eigenvalue weighted by Gasteiger charge is 2.17. The first-order chi connectivity index (χ1) is 10.2. The SMILES string of the molecule is CCCNC(Cc1nccn1CC)c1ccc(F)cc1Cl. The standard InChI is InChI=1S/C16H21ClFN3/c1-3-7-19-15(11-16-20-8-9-21(16)4-2)13-6-5-12(18)10-14(13)17/h5-6,8-10,15,19H,3-4,7,11H2,1-2H3. The zero-order chi connectivity index (χ0) is 15.2. The van der Waals surface area contributed by atoms with Crippen molar-refractivity contribution in [1.29, 1.82) is 0 Å². The molecular weight excluding hydrogens is 289 g/mol. The van der Waals surface area contributed by atoms with E-state index >= 15 is 0 Å². The van der Waals surface area contributed by atoms with Crippen molar-refractivity contribution in [2.45, 2.75) is 39.3 Å². The molecule has 3 nitrogen and oxygen atoms in total. The van der Waals surface area contributed by atoms with Gasteiger partial charge < -0.3 is 9.88 Å². The Labute approximate surface area is 130 Å². The molecule has 2 aromatic rings. The lowest BCUT2D eigenvalue weighted by Gasteiger charge is -2.20. The fourth-order valence-corrected chi connectivity index (χ4v) is 2.69. The zero-order valence-electron chi connectivity index (χ0n) is 12.4. The fraction of sp³-hybridized carbons (Fsp3) is 0.438. The first-order valence-corrected chi connectivity index (χ1v) is 7.71. The van der Waals surface area contributed by atoms with Crippen molar-refractivity contribution in [3.63, 3.8) is 0 Å². The van der Waals surface area contributed by atoms with Crippen LogP contribution in [0.25, 0.3) is 0 Å². The summed E-state index contributed by atoms with van der Waals surface area (Å²) in [6.07, 6.45) is 5.53. The molecule has 0 saturated heterocycles. The molecule has 0 aliphatic heterocycles. The molecule has 114 valence electrons. The van der Waals surface area contributed by atoms with Crippen LogP contribution in [0.4, 0.5) is 4.39 Å². The maximum atomic E-state index is 13.2. The van der Waals surface area contributed by atoms with Gasteiger partial charge in [-0.05, 0) is 37.6 Å². The molecule has 21 heavy (non-hydrogen) atoms. The number of aromatic nitrogens is 2. The summed E-state index contributed by atoms with van der Waals surface area (Å²) in [4.78, 5) is 4.41. The molecule has 0 aliphatic carbocycles. The number of imidazole rings is 1. The first-order valence-electron chi connectivity index (χ1n) is 7.34. The summed E-state index contributed by atoms with van der Waals surface area (Å²) >= 11 is 6.21. The molecule has 0 amide bonds. The largest absolute Gasteiger partial charge is 0.335 e. The number of nitrogens with one attached hydrogen (secondary N) is 1. The van der Waals surface area contributed by atoms with E-state index in [1.807, 2.05) is 12.4 Å². The van der Waals surface area contributed by atoms with Crippen LogP contribution < -0.4 is 5.32 Å². The number of aryl methyl sites for hydroxylation is 1. The maximum Gasteiger partial charge on any atom is 0.124 e. The average Bonchev–Trinajstić information content (AvgIpc) is 2.91. The summed E-state index contributed by atoms with van der Waals surface area (Å²) in [5, 5.41) is 3.93. The van der Waals surface area contributed by atoms with Gasteiger partial charge in [0.25, 0.3) is 0 Å². The number of halogens is 2. The predicted molar refractivity (Wildman–Crippen MR) is 84.0 cm³/mol. The van der Waals surface area contributed by atoms with Crippen molar-refractivity contribution < 1.29 is 4.39 Å². The number of hydrogen-bond acceptors (Lipinski definition) is 2. The van der Waals surface area contributed by atoms with Gasteiger partial charge in [0, 0.05) is 36.4 Å². The number of nitrogens with zero attached hydrogens (tertiary/aromatic N) is 2. The second kappa shape index (κ2) is 7.57. The van der Waals surface area contributed by atoms with Crippen LogP contribution >= 0.6 is 11.6 Å². The summed E-state index contributed by atoms with van der Waals surface area (Å²) in [5.74, 6) is 0.694. The van der Waals surface area contributed by atoms with Crippen LogP contribution in [-0.2, 0) is 13.0 Å². The Balaban J connectivity index is 2.25. The van der Waals surface area contributed by atoms with Crippen LogP contribution in [-0.4, -0.2) is 16.1 Å². The summed E-state index contributed by atoms with van der Waals surface area (Å²) in [6.45, 7) is 5.96. The highest BCUT2D eigenvalue weighted by Crippen LogP contribution is 2.26. The smallest absolute Gasteiger partial charge is 0.124 e. The molecule has 1 heterocycles. The molecule has 1 aromatic heterocycles. The van der Waals surface area contributed by atoms with Crippen molar-refractivity contribution in [2.24, 2.45) is 0 Å². The van der Waals surface area contributed by atoms with E-state index in [4.69, 9.17) is 11.6 Å². The molecule has 0 radical (unpaired) electrons. The van der Waals surface area contributed by atoms with Gasteiger partial charge in [-0.25, -0.2) is 9.37 Å². The van der Waals surface area contributed by atoms with Gasteiger partial charge in [0.05, 0.1) is 0 Å². The van der Waals surface area contributed by atoms with E-state index in [1.54, 1.807) is 6.07 Å². The van der Waals surface area contributed by atoms with Crippen LogP contribution in [0.2, 0.25) is 5.02 Å². The van der Waals surface area contributed by atoms with Crippen molar-refractivity contribution in [3.05, 3.63) is 52.8 Å². The molecule has 5 heteroatoms. The van der Waals surface area contributed by atoms with Crippen LogP contribution in [0.5, 0.6) is 0 Å². The van der Waals surface area contributed by atoms with Gasteiger partial charge in [-0.1, -0.05) is 24.6 Å². The first kappa shape index (κ1) is 16.0. The molecule has 1 atom stereocenters. The van der Waals surface area contributed by atoms with E-state index in [1.165, 1.54) is 12.1 Å². The highest BCUT2D eigenvalue weighted by atomic mass is 35.5. The van der Waals surface area contributed by atoms with Crippen LogP contribution in [0.3, 0.4) is 0 Å². The molecule has 2 rings (SSSR count). The van der Waals surface area contributed by atoms with E-state index in [0.29, 0.717) is 5.02 Å². The summed E-state index contributed by atoms with van der Waals surface area (Å²) in [7, 11) is 0. The summed E-state index contributed by atoms with van der Waals surface area (Å²) < 4.78 is 15.3. The molecule has 0 saturated carbocycles. The van der Waals surface area contributed by atoms with Gasteiger partial charge in [0.15, 0.2) is 0 Å². The highest BCUT2D eigenvalue weighted by molar-refractivity contribution is 6.31. The Morgan fingerprint density at radius 3 is 2.86 bits per heavy atom. The van der Waals surface area contributed by atoms with Crippen LogP contribution in [0.1, 0.15) is 37.7 Å². The minimum Gasteiger partial charge on any atom is -0.335 e. The lowest BCUT2D eigenvalue weighted by atomic mass is 10.0. The second-order valence-electron chi connectivity index (χ2n) is 5.01. The Bertz CT molecular complexity index is 583. The lowest BCUT2D eigenvalue weighted by molar-refractivity contribution is 0.505. The number of rotatable bonds is 7. The topological polar surface area (TPSA) is 29.9 Å². The fourth-order valence-electron chi connectivity index (χ4n) is 2.40.